The third kappa shape index (κ3) is 2.67. The first-order valence-corrected chi connectivity index (χ1v) is 8.24. The lowest BCUT2D eigenvalue weighted by Crippen LogP contribution is -2.28. The van der Waals surface area contributed by atoms with Crippen molar-refractivity contribution in [1.82, 2.24) is 15.1 Å². The average molecular weight is 321 g/mol. The molecule has 0 radical (unpaired) electrons. The van der Waals surface area contributed by atoms with E-state index in [1.165, 1.54) is 18.4 Å². The standard InChI is InChI=1S/C19H20N4O/c20-19(24)17-5-1-3-15-12-23(22-18(15)17)16-8-6-13(7-9-16)14-4-2-10-21-11-14/h1,3,5-9,12,14,21H,2,4,10-11H2,(H2,20,24)/i12D. The van der Waals surface area contributed by atoms with Gasteiger partial charge in [0.05, 0.1) is 12.6 Å². The van der Waals surface area contributed by atoms with Crippen LogP contribution in [0.3, 0.4) is 0 Å². The van der Waals surface area contributed by atoms with Crippen LogP contribution in [-0.4, -0.2) is 28.8 Å². The van der Waals surface area contributed by atoms with Crippen molar-refractivity contribution in [2.75, 3.05) is 13.1 Å². The maximum atomic E-state index is 11.6. The zero-order valence-corrected chi connectivity index (χ0v) is 13.3. The van der Waals surface area contributed by atoms with E-state index in [-0.39, 0.29) is 6.17 Å². The highest BCUT2D eigenvalue weighted by molar-refractivity contribution is 6.04. The number of hydrogen-bond donors (Lipinski definition) is 2. The summed E-state index contributed by atoms with van der Waals surface area (Å²) in [6, 6.07) is 13.3. The first-order valence-electron chi connectivity index (χ1n) is 8.74. The van der Waals surface area contributed by atoms with Crippen molar-refractivity contribution in [1.29, 1.82) is 0 Å². The molecule has 5 nitrogen and oxygen atoms in total. The minimum Gasteiger partial charge on any atom is -0.366 e. The van der Waals surface area contributed by atoms with Crippen LogP contribution >= 0.6 is 0 Å². The number of hydrogen-bond acceptors (Lipinski definition) is 3. The number of nitrogens with one attached hydrogen (secondary N) is 1. The molecule has 122 valence electrons. The Labute approximate surface area is 141 Å². The van der Waals surface area contributed by atoms with E-state index in [0.717, 1.165) is 18.8 Å². The number of primary amides is 1. The Morgan fingerprint density at radius 2 is 2.12 bits per heavy atom. The molecule has 24 heavy (non-hydrogen) atoms. The lowest BCUT2D eigenvalue weighted by atomic mass is 9.92. The van der Waals surface area contributed by atoms with Gasteiger partial charge in [-0.15, -0.1) is 0 Å². The van der Waals surface area contributed by atoms with Crippen molar-refractivity contribution in [3.05, 3.63) is 59.8 Å². The van der Waals surface area contributed by atoms with E-state index in [1.54, 1.807) is 22.9 Å². The molecule has 2 aromatic carbocycles. The molecule has 4 rings (SSSR count). The van der Waals surface area contributed by atoms with Gasteiger partial charge in [-0.05, 0) is 49.1 Å². The van der Waals surface area contributed by atoms with Gasteiger partial charge in [-0.2, -0.15) is 5.10 Å². The molecule has 0 aliphatic carbocycles. The average Bonchev–Trinajstić information content (AvgIpc) is 2.99. The van der Waals surface area contributed by atoms with E-state index in [0.29, 0.717) is 22.4 Å². The number of carbonyl (C=O) groups excluding carboxylic acids is 1. The van der Waals surface area contributed by atoms with Crippen LogP contribution < -0.4 is 11.1 Å². The molecular formula is C19H20N4O. The molecule has 1 aromatic heterocycles. The Morgan fingerprint density at radius 1 is 1.29 bits per heavy atom. The second kappa shape index (κ2) is 6.09. The Morgan fingerprint density at radius 3 is 2.83 bits per heavy atom. The molecule has 0 spiro atoms. The van der Waals surface area contributed by atoms with Gasteiger partial charge in [0.1, 0.15) is 5.52 Å². The topological polar surface area (TPSA) is 72.9 Å². The molecule has 1 atom stereocenters. The van der Waals surface area contributed by atoms with Crippen molar-refractivity contribution in [2.24, 2.45) is 5.73 Å². The van der Waals surface area contributed by atoms with Gasteiger partial charge in [0.2, 0.25) is 0 Å². The largest absolute Gasteiger partial charge is 0.366 e. The van der Waals surface area contributed by atoms with Gasteiger partial charge in [0.15, 0.2) is 0 Å². The Bertz CT molecular complexity index is 926. The first kappa shape index (κ1) is 13.7. The zero-order valence-electron chi connectivity index (χ0n) is 14.3. The SMILES string of the molecule is [2H]c1c2cccc(C(N)=O)c2nn1-c1ccc(C2CCCNC2)cc1. The smallest absolute Gasteiger partial charge is 0.250 e. The molecule has 3 N–H and O–H groups in total. The van der Waals surface area contributed by atoms with Crippen LogP contribution in [0.1, 0.15) is 36.1 Å². The number of benzene rings is 2. The molecule has 1 saturated heterocycles. The van der Waals surface area contributed by atoms with E-state index in [1.807, 2.05) is 12.1 Å². The highest BCUT2D eigenvalue weighted by Gasteiger charge is 2.15. The van der Waals surface area contributed by atoms with Crippen LogP contribution in [0.25, 0.3) is 16.6 Å². The van der Waals surface area contributed by atoms with Gasteiger partial charge in [0.25, 0.3) is 5.91 Å². The van der Waals surface area contributed by atoms with Crippen molar-refractivity contribution in [3.63, 3.8) is 0 Å². The van der Waals surface area contributed by atoms with E-state index in [4.69, 9.17) is 7.10 Å². The quantitative estimate of drug-likeness (QED) is 0.779. The number of nitrogens with two attached hydrogens (primary N) is 1. The number of aromatic nitrogens is 2. The lowest BCUT2D eigenvalue weighted by Gasteiger charge is -2.23. The summed E-state index contributed by atoms with van der Waals surface area (Å²) in [5.74, 6) is 0.00632. The van der Waals surface area contributed by atoms with E-state index < -0.39 is 5.91 Å². The Kier molecular flexibility index (Phi) is 3.49. The predicted molar refractivity (Wildman–Crippen MR) is 94.4 cm³/mol. The van der Waals surface area contributed by atoms with Crippen molar-refractivity contribution < 1.29 is 6.17 Å². The van der Waals surface area contributed by atoms with Gasteiger partial charge in [-0.25, -0.2) is 4.68 Å². The minimum absolute atomic E-state index is 0.255. The van der Waals surface area contributed by atoms with Crippen molar-refractivity contribution in [2.45, 2.75) is 18.8 Å². The summed E-state index contributed by atoms with van der Waals surface area (Å²) in [4.78, 5) is 11.6. The number of carbonyl (C=O) groups is 1. The van der Waals surface area contributed by atoms with E-state index >= 15 is 0 Å². The molecule has 1 aliphatic heterocycles. The van der Waals surface area contributed by atoms with E-state index in [9.17, 15) is 4.79 Å². The van der Waals surface area contributed by atoms with Crippen LogP contribution in [0.4, 0.5) is 0 Å². The monoisotopic (exact) mass is 321 g/mol. The van der Waals surface area contributed by atoms with Crippen LogP contribution in [-0.2, 0) is 0 Å². The highest BCUT2D eigenvalue weighted by atomic mass is 16.1. The number of nitrogens with zero attached hydrogens (tertiary/aromatic N) is 2. The number of fused-ring (bicyclic) bond motifs is 1. The Balaban J connectivity index is 1.73. The third-order valence-electron chi connectivity index (χ3n) is 4.63. The van der Waals surface area contributed by atoms with E-state index in [2.05, 4.69) is 22.5 Å². The van der Waals surface area contributed by atoms with Gasteiger partial charge in [-0.1, -0.05) is 24.3 Å². The molecule has 1 fully saturated rings. The summed E-state index contributed by atoms with van der Waals surface area (Å²) in [5.41, 5.74) is 8.35. The van der Waals surface area contributed by atoms with Crippen LogP contribution in [0.2, 0.25) is 0 Å². The summed E-state index contributed by atoms with van der Waals surface area (Å²) in [6.45, 7) is 2.11. The van der Waals surface area contributed by atoms with Gasteiger partial charge < -0.3 is 11.1 Å². The summed E-state index contributed by atoms with van der Waals surface area (Å²) in [7, 11) is 0. The highest BCUT2D eigenvalue weighted by Crippen LogP contribution is 2.25. The molecule has 5 heteroatoms. The maximum absolute atomic E-state index is 11.6. The van der Waals surface area contributed by atoms with Gasteiger partial charge in [0, 0.05) is 18.1 Å². The van der Waals surface area contributed by atoms with Crippen LogP contribution in [0.15, 0.2) is 48.6 Å². The minimum atomic E-state index is -0.532. The number of amides is 1. The molecule has 1 amide bonds. The normalized spacial score (nSPS) is 18.5. The summed E-state index contributed by atoms with van der Waals surface area (Å²) >= 11 is 0. The van der Waals surface area contributed by atoms with Gasteiger partial charge in [-0.3, -0.25) is 4.79 Å². The maximum Gasteiger partial charge on any atom is 0.250 e. The molecule has 2 heterocycles. The number of piperidine rings is 1. The third-order valence-corrected chi connectivity index (χ3v) is 4.63. The fourth-order valence-corrected chi connectivity index (χ4v) is 3.33. The molecular weight excluding hydrogens is 300 g/mol. The van der Waals surface area contributed by atoms with Crippen molar-refractivity contribution in [3.8, 4) is 5.69 Å². The predicted octanol–water partition coefficient (Wildman–Crippen LogP) is 2.59. The summed E-state index contributed by atoms with van der Waals surface area (Å²) in [5, 5.41) is 8.52. The lowest BCUT2D eigenvalue weighted by molar-refractivity contribution is 0.100. The van der Waals surface area contributed by atoms with Crippen LogP contribution in [0, 0.1) is 0 Å². The second-order valence-electron chi connectivity index (χ2n) is 6.22. The fraction of sp³-hybridized carbons (Fsp3) is 0.263. The molecule has 1 aliphatic rings. The summed E-state index contributed by atoms with van der Waals surface area (Å²) in [6.07, 6.45) is 2.65. The van der Waals surface area contributed by atoms with Crippen molar-refractivity contribution >= 4 is 16.8 Å². The van der Waals surface area contributed by atoms with Gasteiger partial charge >= 0.3 is 0 Å². The Hall–Kier alpha value is -2.66. The molecule has 1 unspecified atom stereocenters. The molecule has 0 saturated carbocycles. The summed E-state index contributed by atoms with van der Waals surface area (Å²) < 4.78 is 9.94. The zero-order chi connectivity index (χ0) is 17.4. The second-order valence-corrected chi connectivity index (χ2v) is 6.22. The number of rotatable bonds is 3. The molecule has 0 bridgehead atoms. The first-order chi connectivity index (χ1) is 12.1. The van der Waals surface area contributed by atoms with Crippen LogP contribution in [0.5, 0.6) is 0 Å². The fourth-order valence-electron chi connectivity index (χ4n) is 3.33. The molecule has 3 aromatic rings.